The van der Waals surface area contributed by atoms with E-state index in [0.717, 1.165) is 24.2 Å². The zero-order chi connectivity index (χ0) is 13.4. The fourth-order valence-electron chi connectivity index (χ4n) is 2.39. The van der Waals surface area contributed by atoms with E-state index in [4.69, 9.17) is 11.6 Å². The van der Waals surface area contributed by atoms with Crippen LogP contribution in [0.2, 0.25) is 5.28 Å². The lowest BCUT2D eigenvalue weighted by atomic mass is 10.2. The fraction of sp³-hybridized carbons (Fsp3) is 0.455. The van der Waals surface area contributed by atoms with Crippen molar-refractivity contribution in [3.63, 3.8) is 0 Å². The Labute approximate surface area is 114 Å². The number of rotatable bonds is 2. The van der Waals surface area contributed by atoms with E-state index in [0.29, 0.717) is 12.2 Å². The highest BCUT2D eigenvalue weighted by Gasteiger charge is 2.26. The molecule has 0 saturated carbocycles. The van der Waals surface area contributed by atoms with Gasteiger partial charge in [0, 0.05) is 26.1 Å². The monoisotopic (exact) mass is 280 g/mol. The standard InChI is InChI=1S/C11H13ClN6O/c1-6(19)14-7-2-3-18(5-7)10-8-4-13-17-9(8)15-11(12)16-10/h4,7H,2-3,5H2,1H3,(H,14,19)(H,13,15,16,17). The second kappa shape index (κ2) is 4.65. The largest absolute Gasteiger partial charge is 0.354 e. The van der Waals surface area contributed by atoms with Crippen molar-refractivity contribution in [2.45, 2.75) is 19.4 Å². The molecule has 0 radical (unpaired) electrons. The summed E-state index contributed by atoms with van der Waals surface area (Å²) in [6.07, 6.45) is 2.58. The van der Waals surface area contributed by atoms with Gasteiger partial charge in [-0.3, -0.25) is 9.89 Å². The van der Waals surface area contributed by atoms with Crippen LogP contribution in [0.15, 0.2) is 6.20 Å². The van der Waals surface area contributed by atoms with Gasteiger partial charge < -0.3 is 10.2 Å². The van der Waals surface area contributed by atoms with Gasteiger partial charge in [-0.2, -0.15) is 15.1 Å². The van der Waals surface area contributed by atoms with E-state index in [-0.39, 0.29) is 17.2 Å². The summed E-state index contributed by atoms with van der Waals surface area (Å²) in [5, 5.41) is 10.7. The van der Waals surface area contributed by atoms with Crippen LogP contribution in [0.4, 0.5) is 5.82 Å². The van der Waals surface area contributed by atoms with Crippen molar-refractivity contribution in [2.24, 2.45) is 0 Å². The van der Waals surface area contributed by atoms with Gasteiger partial charge in [-0.25, -0.2) is 0 Å². The molecule has 2 N–H and O–H groups in total. The maximum atomic E-state index is 11.1. The molecule has 8 heteroatoms. The Kier molecular flexibility index (Phi) is 2.98. The van der Waals surface area contributed by atoms with E-state index >= 15 is 0 Å². The van der Waals surface area contributed by atoms with Crippen molar-refractivity contribution < 1.29 is 4.79 Å². The van der Waals surface area contributed by atoms with E-state index in [1.54, 1.807) is 6.20 Å². The zero-order valence-electron chi connectivity index (χ0n) is 10.4. The van der Waals surface area contributed by atoms with Gasteiger partial charge in [-0.1, -0.05) is 0 Å². The summed E-state index contributed by atoms with van der Waals surface area (Å²) in [5.41, 5.74) is 0.623. The van der Waals surface area contributed by atoms with Crippen molar-refractivity contribution in [3.8, 4) is 0 Å². The minimum Gasteiger partial charge on any atom is -0.354 e. The highest BCUT2D eigenvalue weighted by Crippen LogP contribution is 2.26. The molecule has 1 amide bonds. The summed E-state index contributed by atoms with van der Waals surface area (Å²) >= 11 is 5.91. The first-order valence-electron chi connectivity index (χ1n) is 6.02. The summed E-state index contributed by atoms with van der Waals surface area (Å²) < 4.78 is 0. The number of aromatic nitrogens is 4. The summed E-state index contributed by atoms with van der Waals surface area (Å²) in [4.78, 5) is 21.5. The average Bonchev–Trinajstić information content (AvgIpc) is 2.95. The van der Waals surface area contributed by atoms with E-state index in [2.05, 4.69) is 30.4 Å². The molecule has 2 aromatic heterocycles. The van der Waals surface area contributed by atoms with Crippen LogP contribution >= 0.6 is 11.6 Å². The molecule has 1 aliphatic heterocycles. The van der Waals surface area contributed by atoms with E-state index in [1.807, 2.05) is 0 Å². The first kappa shape index (κ1) is 12.2. The van der Waals surface area contributed by atoms with Crippen LogP contribution in [-0.4, -0.2) is 45.2 Å². The van der Waals surface area contributed by atoms with Gasteiger partial charge in [0.15, 0.2) is 5.65 Å². The number of nitrogens with one attached hydrogen (secondary N) is 2. The fourth-order valence-corrected chi connectivity index (χ4v) is 2.56. The number of carbonyl (C=O) groups is 1. The molecule has 100 valence electrons. The second-order valence-corrected chi connectivity index (χ2v) is 4.92. The van der Waals surface area contributed by atoms with Gasteiger partial charge in [0.05, 0.1) is 11.6 Å². The van der Waals surface area contributed by atoms with Crippen LogP contribution in [0.3, 0.4) is 0 Å². The molecule has 1 atom stereocenters. The Morgan fingerprint density at radius 2 is 2.42 bits per heavy atom. The number of H-pyrrole nitrogens is 1. The van der Waals surface area contributed by atoms with Crippen molar-refractivity contribution in [1.29, 1.82) is 0 Å². The van der Waals surface area contributed by atoms with Crippen LogP contribution < -0.4 is 10.2 Å². The number of hydrogen-bond acceptors (Lipinski definition) is 5. The lowest BCUT2D eigenvalue weighted by Gasteiger charge is -2.18. The Morgan fingerprint density at radius 1 is 1.58 bits per heavy atom. The molecule has 3 heterocycles. The highest BCUT2D eigenvalue weighted by atomic mass is 35.5. The van der Waals surface area contributed by atoms with Gasteiger partial charge in [0.25, 0.3) is 0 Å². The molecule has 0 aliphatic carbocycles. The minimum atomic E-state index is -0.0129. The molecule has 1 fully saturated rings. The third-order valence-electron chi connectivity index (χ3n) is 3.16. The van der Waals surface area contributed by atoms with Gasteiger partial charge in [0.2, 0.25) is 11.2 Å². The minimum absolute atomic E-state index is 0.0129. The smallest absolute Gasteiger partial charge is 0.226 e. The molecule has 3 rings (SSSR count). The van der Waals surface area contributed by atoms with Crippen LogP contribution in [0.5, 0.6) is 0 Å². The lowest BCUT2D eigenvalue weighted by molar-refractivity contribution is -0.119. The first-order chi connectivity index (χ1) is 9.13. The molecular formula is C11H13ClN6O. The maximum Gasteiger partial charge on any atom is 0.226 e. The first-order valence-corrected chi connectivity index (χ1v) is 6.40. The Bertz CT molecular complexity index is 627. The van der Waals surface area contributed by atoms with Crippen LogP contribution in [0.1, 0.15) is 13.3 Å². The lowest BCUT2D eigenvalue weighted by Crippen LogP contribution is -2.35. The van der Waals surface area contributed by atoms with Gasteiger partial charge in [-0.15, -0.1) is 0 Å². The predicted octanol–water partition coefficient (Wildman–Crippen LogP) is 0.721. The molecule has 2 aromatic rings. The molecule has 0 aromatic carbocycles. The van der Waals surface area contributed by atoms with Crippen LogP contribution in [0.25, 0.3) is 11.0 Å². The number of carbonyl (C=O) groups excluding carboxylic acids is 1. The predicted molar refractivity (Wildman–Crippen MR) is 71.1 cm³/mol. The summed E-state index contributed by atoms with van der Waals surface area (Å²) in [5.74, 6) is 0.748. The number of hydrogen-bond donors (Lipinski definition) is 2. The maximum absolute atomic E-state index is 11.1. The van der Waals surface area contributed by atoms with Crippen LogP contribution in [0, 0.1) is 0 Å². The van der Waals surface area contributed by atoms with Gasteiger partial charge in [-0.05, 0) is 18.0 Å². The Hall–Kier alpha value is -1.89. The van der Waals surface area contributed by atoms with E-state index < -0.39 is 0 Å². The third kappa shape index (κ3) is 2.33. The van der Waals surface area contributed by atoms with Crippen molar-refractivity contribution >= 4 is 34.4 Å². The van der Waals surface area contributed by atoms with Crippen molar-refractivity contribution in [2.75, 3.05) is 18.0 Å². The number of nitrogens with zero attached hydrogens (tertiary/aromatic N) is 4. The van der Waals surface area contributed by atoms with Gasteiger partial charge in [0.1, 0.15) is 5.82 Å². The zero-order valence-corrected chi connectivity index (χ0v) is 11.1. The molecule has 0 spiro atoms. The number of fused-ring (bicyclic) bond motifs is 1. The highest BCUT2D eigenvalue weighted by molar-refractivity contribution is 6.28. The molecule has 19 heavy (non-hydrogen) atoms. The summed E-state index contributed by atoms with van der Waals surface area (Å²) in [6.45, 7) is 3.06. The SMILES string of the molecule is CC(=O)NC1CCN(c2nc(Cl)nc3[nH]ncc23)C1. The van der Waals surface area contributed by atoms with E-state index in [9.17, 15) is 4.79 Å². The van der Waals surface area contributed by atoms with Crippen LogP contribution in [-0.2, 0) is 4.79 Å². The average molecular weight is 281 g/mol. The normalized spacial score (nSPS) is 19.1. The quantitative estimate of drug-likeness (QED) is 0.792. The summed E-state index contributed by atoms with van der Waals surface area (Å²) in [6, 6.07) is 0.146. The topological polar surface area (TPSA) is 86.8 Å². The molecule has 7 nitrogen and oxygen atoms in total. The number of anilines is 1. The third-order valence-corrected chi connectivity index (χ3v) is 3.33. The summed E-state index contributed by atoms with van der Waals surface area (Å²) in [7, 11) is 0. The van der Waals surface area contributed by atoms with Gasteiger partial charge >= 0.3 is 0 Å². The molecule has 1 unspecified atom stereocenters. The van der Waals surface area contributed by atoms with E-state index in [1.165, 1.54) is 6.92 Å². The molecule has 1 saturated heterocycles. The molecule has 1 aliphatic rings. The molecule has 0 bridgehead atoms. The number of aromatic amines is 1. The molecular weight excluding hydrogens is 268 g/mol. The Balaban J connectivity index is 1.89. The Morgan fingerprint density at radius 3 is 3.21 bits per heavy atom. The van der Waals surface area contributed by atoms with Crippen molar-refractivity contribution in [3.05, 3.63) is 11.5 Å². The second-order valence-electron chi connectivity index (χ2n) is 4.58. The number of halogens is 1. The number of amides is 1. The van der Waals surface area contributed by atoms with Crippen molar-refractivity contribution in [1.82, 2.24) is 25.5 Å².